The van der Waals surface area contributed by atoms with Crippen molar-refractivity contribution >= 4 is 67.4 Å². The summed E-state index contributed by atoms with van der Waals surface area (Å²) in [6, 6.07) is 0. The van der Waals surface area contributed by atoms with Crippen molar-refractivity contribution in [1.82, 2.24) is 19.6 Å². The molecule has 2 rings (SSSR count). The number of hydrogen-bond donors (Lipinski definition) is 0. The summed E-state index contributed by atoms with van der Waals surface area (Å²) in [6.07, 6.45) is 0. The Hall–Kier alpha value is -1.90. The molecular weight excluding hydrogens is 536 g/mol. The third-order valence-electron chi connectivity index (χ3n) is 4.18. The summed E-state index contributed by atoms with van der Waals surface area (Å²) >= 11 is 5.97. The molecule has 2 atom stereocenters. The second kappa shape index (κ2) is 10.4. The molecule has 14 heteroatoms. The van der Waals surface area contributed by atoms with E-state index in [2.05, 4.69) is 31.9 Å². The number of piperazine rings is 2. The number of rotatable bonds is 7. The number of nitrogens with zero attached hydrogens (tertiary/aromatic N) is 4. The van der Waals surface area contributed by atoms with Crippen molar-refractivity contribution in [3.8, 4) is 0 Å². The SMILES string of the molecule is CC(=O)OC(Br)N1C(=O)CN(CCN2CC(=O)N(C(Br)OC(C)=O)C(=O)C2)CC1=O. The lowest BCUT2D eigenvalue weighted by Crippen LogP contribution is -2.60. The van der Waals surface area contributed by atoms with Crippen LogP contribution in [-0.2, 0) is 38.2 Å². The van der Waals surface area contributed by atoms with E-state index in [-0.39, 0.29) is 39.3 Å². The average molecular weight is 556 g/mol. The molecule has 4 amide bonds. The van der Waals surface area contributed by atoms with Crippen molar-refractivity contribution in [3.63, 3.8) is 0 Å². The van der Waals surface area contributed by atoms with Gasteiger partial charge >= 0.3 is 11.9 Å². The standard InChI is InChI=1S/C16H20Br2N4O8/c1-9(23)29-15(17)21-11(25)5-19(6-12(21)26)3-4-20-7-13(27)22(14(28)8-20)16(18)30-10(2)24/h15-16H,3-8H2,1-2H3. The largest absolute Gasteiger partial charge is 0.431 e. The zero-order chi connectivity index (χ0) is 22.6. The number of esters is 2. The number of amides is 4. The highest BCUT2D eigenvalue weighted by molar-refractivity contribution is 9.09. The predicted molar refractivity (Wildman–Crippen MR) is 106 cm³/mol. The van der Waals surface area contributed by atoms with E-state index in [1.54, 1.807) is 9.80 Å². The second-order valence-electron chi connectivity index (χ2n) is 6.54. The van der Waals surface area contributed by atoms with E-state index in [0.29, 0.717) is 0 Å². The summed E-state index contributed by atoms with van der Waals surface area (Å²) < 4.78 is 9.64. The van der Waals surface area contributed by atoms with Gasteiger partial charge in [0.2, 0.25) is 33.9 Å². The van der Waals surface area contributed by atoms with Crippen LogP contribution in [-0.4, -0.2) is 105 Å². The van der Waals surface area contributed by atoms with E-state index < -0.39 is 45.8 Å². The number of carbonyl (C=O) groups excluding carboxylic acids is 6. The Morgan fingerprint density at radius 3 is 1.23 bits per heavy atom. The lowest BCUT2D eigenvalue weighted by Gasteiger charge is -2.37. The highest BCUT2D eigenvalue weighted by Gasteiger charge is 2.38. The van der Waals surface area contributed by atoms with Gasteiger partial charge in [-0.1, -0.05) is 0 Å². The fourth-order valence-electron chi connectivity index (χ4n) is 2.89. The van der Waals surface area contributed by atoms with Gasteiger partial charge in [-0.2, -0.15) is 0 Å². The van der Waals surface area contributed by atoms with Crippen LogP contribution in [0, 0.1) is 0 Å². The van der Waals surface area contributed by atoms with Crippen LogP contribution in [0.1, 0.15) is 13.8 Å². The Kier molecular flexibility index (Phi) is 8.46. The Labute approximate surface area is 188 Å². The molecule has 12 nitrogen and oxygen atoms in total. The normalized spacial score (nSPS) is 20.9. The minimum absolute atomic E-state index is 0.0904. The van der Waals surface area contributed by atoms with Crippen molar-refractivity contribution in [1.29, 1.82) is 0 Å². The monoisotopic (exact) mass is 554 g/mol. The Balaban J connectivity index is 1.87. The molecule has 0 saturated carbocycles. The second-order valence-corrected chi connectivity index (χ2v) is 8.11. The van der Waals surface area contributed by atoms with E-state index in [0.717, 1.165) is 23.6 Å². The smallest absolute Gasteiger partial charge is 0.305 e. The van der Waals surface area contributed by atoms with E-state index in [4.69, 9.17) is 9.47 Å². The highest BCUT2D eigenvalue weighted by atomic mass is 79.9. The number of alkyl halides is 2. The van der Waals surface area contributed by atoms with Gasteiger partial charge in [-0.05, 0) is 31.9 Å². The van der Waals surface area contributed by atoms with Gasteiger partial charge in [-0.3, -0.25) is 38.6 Å². The Morgan fingerprint density at radius 2 is 1.00 bits per heavy atom. The van der Waals surface area contributed by atoms with Gasteiger partial charge in [0.1, 0.15) is 0 Å². The van der Waals surface area contributed by atoms with Gasteiger partial charge in [0, 0.05) is 26.9 Å². The fourth-order valence-corrected chi connectivity index (χ4v) is 4.33. The van der Waals surface area contributed by atoms with Crippen LogP contribution >= 0.6 is 31.9 Å². The summed E-state index contributed by atoms with van der Waals surface area (Å²) in [4.78, 5) is 75.9. The maximum absolute atomic E-state index is 12.3. The van der Waals surface area contributed by atoms with E-state index in [1.807, 2.05) is 0 Å². The molecule has 0 aliphatic carbocycles. The van der Waals surface area contributed by atoms with Crippen molar-refractivity contribution in [2.45, 2.75) is 24.1 Å². The molecule has 0 radical (unpaired) electrons. The minimum Gasteiger partial charge on any atom is -0.431 e. The number of ether oxygens (including phenoxy) is 2. The topological polar surface area (TPSA) is 134 Å². The number of hydrogen-bond acceptors (Lipinski definition) is 10. The van der Waals surface area contributed by atoms with Crippen LogP contribution in [0.25, 0.3) is 0 Å². The van der Waals surface area contributed by atoms with Crippen LogP contribution in [0.4, 0.5) is 0 Å². The van der Waals surface area contributed by atoms with Crippen molar-refractivity contribution in [2.75, 3.05) is 39.3 Å². The molecule has 30 heavy (non-hydrogen) atoms. The quantitative estimate of drug-likeness (QED) is 0.163. The zero-order valence-corrected chi connectivity index (χ0v) is 19.4. The summed E-state index contributed by atoms with van der Waals surface area (Å²) in [5, 5.41) is -2.34. The van der Waals surface area contributed by atoms with Crippen LogP contribution in [0.5, 0.6) is 0 Å². The molecule has 2 aliphatic heterocycles. The van der Waals surface area contributed by atoms with Gasteiger partial charge in [0.25, 0.3) is 0 Å². The van der Waals surface area contributed by atoms with Crippen molar-refractivity contribution < 1.29 is 38.2 Å². The first kappa shape index (κ1) is 24.4. The molecule has 2 saturated heterocycles. The molecule has 0 N–H and O–H groups in total. The van der Waals surface area contributed by atoms with Gasteiger partial charge in [0.15, 0.2) is 0 Å². The van der Waals surface area contributed by atoms with Gasteiger partial charge in [0.05, 0.1) is 26.2 Å². The Bertz CT molecular complexity index is 666. The van der Waals surface area contributed by atoms with Crippen LogP contribution in [0.2, 0.25) is 0 Å². The summed E-state index contributed by atoms with van der Waals surface area (Å²) in [7, 11) is 0. The van der Waals surface area contributed by atoms with E-state index in [9.17, 15) is 28.8 Å². The minimum atomic E-state index is -1.17. The highest BCUT2D eigenvalue weighted by Crippen LogP contribution is 2.17. The molecule has 0 aromatic rings. The van der Waals surface area contributed by atoms with Gasteiger partial charge < -0.3 is 9.47 Å². The summed E-state index contributed by atoms with van der Waals surface area (Å²) in [5.74, 6) is -3.48. The van der Waals surface area contributed by atoms with E-state index in [1.165, 1.54) is 0 Å². The molecular formula is C16H20Br2N4O8. The molecule has 2 heterocycles. The van der Waals surface area contributed by atoms with Crippen LogP contribution in [0.15, 0.2) is 0 Å². The number of imide groups is 2. The fraction of sp³-hybridized carbons (Fsp3) is 0.625. The molecule has 2 fully saturated rings. The molecule has 0 spiro atoms. The first-order valence-corrected chi connectivity index (χ1v) is 10.6. The number of halogens is 2. The maximum atomic E-state index is 12.3. The zero-order valence-electron chi connectivity index (χ0n) is 16.2. The molecule has 166 valence electrons. The lowest BCUT2D eigenvalue weighted by atomic mass is 10.2. The maximum Gasteiger partial charge on any atom is 0.305 e. The van der Waals surface area contributed by atoms with Crippen LogP contribution in [0.3, 0.4) is 0 Å². The van der Waals surface area contributed by atoms with Crippen molar-refractivity contribution in [2.24, 2.45) is 0 Å². The van der Waals surface area contributed by atoms with Gasteiger partial charge in [-0.25, -0.2) is 9.80 Å². The van der Waals surface area contributed by atoms with E-state index >= 15 is 0 Å². The third-order valence-corrected chi connectivity index (χ3v) is 5.37. The first-order valence-electron chi connectivity index (χ1n) is 8.76. The summed E-state index contributed by atoms with van der Waals surface area (Å²) in [6.45, 7) is 2.47. The summed E-state index contributed by atoms with van der Waals surface area (Å²) in [5.41, 5.74) is 0. The lowest BCUT2D eigenvalue weighted by molar-refractivity contribution is -0.168. The first-order chi connectivity index (χ1) is 14.0. The van der Waals surface area contributed by atoms with Crippen LogP contribution < -0.4 is 0 Å². The third kappa shape index (κ3) is 6.30. The average Bonchev–Trinajstić information content (AvgIpc) is 2.57. The molecule has 2 aliphatic rings. The number of carbonyl (C=O) groups is 6. The molecule has 2 unspecified atom stereocenters. The predicted octanol–water partition coefficient (Wildman–Crippen LogP) is -1.19. The van der Waals surface area contributed by atoms with Gasteiger partial charge in [-0.15, -0.1) is 0 Å². The molecule has 0 aromatic carbocycles. The molecule has 0 bridgehead atoms. The Morgan fingerprint density at radius 1 is 0.733 bits per heavy atom. The van der Waals surface area contributed by atoms with Crippen molar-refractivity contribution in [3.05, 3.63) is 0 Å². The molecule has 0 aromatic heterocycles.